The van der Waals surface area contributed by atoms with E-state index >= 15 is 0 Å². The number of anilines is 1. The van der Waals surface area contributed by atoms with Crippen LogP contribution in [0.25, 0.3) is 0 Å². The highest BCUT2D eigenvalue weighted by Gasteiger charge is 2.25. The van der Waals surface area contributed by atoms with E-state index in [1.165, 1.54) is 11.5 Å². The van der Waals surface area contributed by atoms with Crippen LogP contribution in [0.2, 0.25) is 0 Å². The van der Waals surface area contributed by atoms with Gasteiger partial charge in [-0.15, -0.1) is 0 Å². The second kappa shape index (κ2) is 6.49. The molecule has 1 aliphatic rings. The van der Waals surface area contributed by atoms with Crippen LogP contribution in [0.1, 0.15) is 28.4 Å². The third-order valence-electron chi connectivity index (χ3n) is 3.49. The number of hydrogen-bond acceptors (Lipinski definition) is 7. The zero-order valence-corrected chi connectivity index (χ0v) is 13.1. The minimum absolute atomic E-state index is 0.00416. The Morgan fingerprint density at radius 1 is 1.26 bits per heavy atom. The Labute approximate surface area is 135 Å². The Bertz CT molecular complexity index is 701. The molecule has 0 spiro atoms. The number of piperazine rings is 1. The fourth-order valence-corrected chi connectivity index (χ4v) is 3.01. The Morgan fingerprint density at radius 2 is 2.00 bits per heavy atom. The van der Waals surface area contributed by atoms with Crippen molar-refractivity contribution >= 4 is 22.6 Å². The number of halogens is 2. The van der Waals surface area contributed by atoms with Gasteiger partial charge in [0.05, 0.1) is 0 Å². The molecule has 0 radical (unpaired) electrons. The molecule has 23 heavy (non-hydrogen) atoms. The molecule has 0 N–H and O–H groups in total. The normalized spacial score (nSPS) is 15.3. The van der Waals surface area contributed by atoms with Crippen molar-refractivity contribution in [2.24, 2.45) is 0 Å². The minimum atomic E-state index is -2.72. The summed E-state index contributed by atoms with van der Waals surface area (Å²) >= 11 is 1.32. The van der Waals surface area contributed by atoms with E-state index in [-0.39, 0.29) is 11.6 Å². The lowest BCUT2D eigenvalue weighted by molar-refractivity contribution is 0.0739. The first-order valence-corrected chi connectivity index (χ1v) is 7.76. The van der Waals surface area contributed by atoms with Gasteiger partial charge in [0, 0.05) is 37.7 Å². The van der Waals surface area contributed by atoms with Gasteiger partial charge in [0.1, 0.15) is 23.5 Å². The lowest BCUT2D eigenvalue weighted by atomic mass is 10.2. The van der Waals surface area contributed by atoms with Crippen molar-refractivity contribution in [3.8, 4) is 0 Å². The van der Waals surface area contributed by atoms with E-state index in [4.69, 9.17) is 0 Å². The summed E-state index contributed by atoms with van der Waals surface area (Å²) < 4.78 is 29.5. The van der Waals surface area contributed by atoms with Crippen molar-refractivity contribution in [2.45, 2.75) is 13.3 Å². The number of aromatic nitrogens is 4. The molecule has 2 aromatic rings. The van der Waals surface area contributed by atoms with Gasteiger partial charge < -0.3 is 9.80 Å². The predicted octanol–water partition coefficient (Wildman–Crippen LogP) is 1.54. The number of carbonyl (C=O) groups is 1. The Hall–Kier alpha value is -2.23. The van der Waals surface area contributed by atoms with Gasteiger partial charge in [-0.05, 0) is 13.0 Å². The monoisotopic (exact) mass is 340 g/mol. The van der Waals surface area contributed by atoms with Crippen LogP contribution < -0.4 is 4.90 Å². The molecule has 0 aromatic carbocycles. The summed E-state index contributed by atoms with van der Waals surface area (Å²) in [5, 5.41) is 0.830. The highest BCUT2D eigenvalue weighted by molar-refractivity contribution is 7.09. The highest BCUT2D eigenvalue weighted by Crippen LogP contribution is 2.20. The number of rotatable bonds is 3. The molecule has 2 aromatic heterocycles. The Kier molecular flexibility index (Phi) is 4.42. The molecular weight excluding hydrogens is 326 g/mol. The first-order chi connectivity index (χ1) is 11.0. The second-order valence-corrected chi connectivity index (χ2v) is 5.76. The number of amides is 1. The SMILES string of the molecule is Cc1nsc(N2CCN(C(=O)c3cc(C(F)F)ncn3)CC2)n1. The molecule has 0 unspecified atom stereocenters. The molecule has 0 atom stereocenters. The van der Waals surface area contributed by atoms with Gasteiger partial charge in [0.25, 0.3) is 12.3 Å². The van der Waals surface area contributed by atoms with E-state index in [0.29, 0.717) is 26.2 Å². The lowest BCUT2D eigenvalue weighted by Gasteiger charge is -2.34. The lowest BCUT2D eigenvalue weighted by Crippen LogP contribution is -2.49. The van der Waals surface area contributed by atoms with Gasteiger partial charge >= 0.3 is 0 Å². The Balaban J connectivity index is 1.65. The van der Waals surface area contributed by atoms with Crippen LogP contribution in [-0.2, 0) is 0 Å². The summed E-state index contributed by atoms with van der Waals surface area (Å²) in [6, 6.07) is 1.05. The minimum Gasteiger partial charge on any atom is -0.343 e. The molecule has 3 heterocycles. The van der Waals surface area contributed by atoms with Gasteiger partial charge in [-0.1, -0.05) is 0 Å². The first kappa shape index (κ1) is 15.7. The Morgan fingerprint density at radius 3 is 2.61 bits per heavy atom. The molecule has 1 fully saturated rings. The van der Waals surface area contributed by atoms with Crippen molar-refractivity contribution in [3.63, 3.8) is 0 Å². The zero-order chi connectivity index (χ0) is 16.4. The van der Waals surface area contributed by atoms with E-state index in [2.05, 4.69) is 24.2 Å². The number of aryl methyl sites for hydroxylation is 1. The molecule has 10 heteroatoms. The number of nitrogens with zero attached hydrogens (tertiary/aromatic N) is 6. The second-order valence-electron chi connectivity index (χ2n) is 5.03. The predicted molar refractivity (Wildman–Crippen MR) is 79.8 cm³/mol. The number of carbonyl (C=O) groups excluding carboxylic acids is 1. The molecule has 1 aliphatic heterocycles. The fraction of sp³-hybridized carbons (Fsp3) is 0.462. The van der Waals surface area contributed by atoms with E-state index in [1.807, 2.05) is 6.92 Å². The smallest absolute Gasteiger partial charge is 0.280 e. The van der Waals surface area contributed by atoms with Crippen molar-refractivity contribution < 1.29 is 13.6 Å². The first-order valence-electron chi connectivity index (χ1n) is 6.99. The van der Waals surface area contributed by atoms with Gasteiger partial charge in [-0.2, -0.15) is 4.37 Å². The van der Waals surface area contributed by atoms with Crippen LogP contribution in [0.3, 0.4) is 0 Å². The largest absolute Gasteiger partial charge is 0.343 e. The average Bonchev–Trinajstić information content (AvgIpc) is 3.01. The summed E-state index contributed by atoms with van der Waals surface area (Å²) in [4.78, 5) is 27.6. The molecule has 3 rings (SSSR count). The molecule has 122 valence electrons. The summed E-state index contributed by atoms with van der Waals surface area (Å²) in [6.45, 7) is 4.02. The maximum Gasteiger partial charge on any atom is 0.280 e. The van der Waals surface area contributed by atoms with Crippen molar-refractivity contribution in [1.29, 1.82) is 0 Å². The van der Waals surface area contributed by atoms with E-state index < -0.39 is 12.1 Å². The molecule has 0 saturated carbocycles. The highest BCUT2D eigenvalue weighted by atomic mass is 32.1. The van der Waals surface area contributed by atoms with Crippen molar-refractivity contribution in [2.75, 3.05) is 31.1 Å². The number of alkyl halides is 2. The van der Waals surface area contributed by atoms with Crippen LogP contribution in [0.4, 0.5) is 13.9 Å². The van der Waals surface area contributed by atoms with Gasteiger partial charge in [-0.3, -0.25) is 4.79 Å². The summed E-state index contributed by atoms with van der Waals surface area (Å²) in [6.07, 6.45) is -1.73. The van der Waals surface area contributed by atoms with Crippen LogP contribution in [0.5, 0.6) is 0 Å². The van der Waals surface area contributed by atoms with Crippen LogP contribution >= 0.6 is 11.5 Å². The van der Waals surface area contributed by atoms with Crippen LogP contribution in [0, 0.1) is 6.92 Å². The van der Waals surface area contributed by atoms with Crippen LogP contribution in [-0.4, -0.2) is 56.3 Å². The van der Waals surface area contributed by atoms with E-state index in [0.717, 1.165) is 23.3 Å². The maximum atomic E-state index is 12.7. The summed E-state index contributed by atoms with van der Waals surface area (Å²) in [7, 11) is 0. The van der Waals surface area contributed by atoms with E-state index in [9.17, 15) is 13.6 Å². The third-order valence-corrected chi connectivity index (χ3v) is 4.35. The van der Waals surface area contributed by atoms with E-state index in [1.54, 1.807) is 4.90 Å². The van der Waals surface area contributed by atoms with Gasteiger partial charge in [0.15, 0.2) is 0 Å². The third kappa shape index (κ3) is 3.41. The summed E-state index contributed by atoms with van der Waals surface area (Å²) in [5.74, 6) is 0.367. The molecule has 0 aliphatic carbocycles. The van der Waals surface area contributed by atoms with Gasteiger partial charge in [-0.25, -0.2) is 23.7 Å². The quantitative estimate of drug-likeness (QED) is 0.844. The molecule has 1 saturated heterocycles. The molecule has 7 nitrogen and oxygen atoms in total. The molecule has 0 bridgehead atoms. The maximum absolute atomic E-state index is 12.7. The molecule has 1 amide bonds. The van der Waals surface area contributed by atoms with Crippen molar-refractivity contribution in [1.82, 2.24) is 24.2 Å². The fourth-order valence-electron chi connectivity index (χ4n) is 2.29. The standard InChI is InChI=1S/C13H14F2N6OS/c1-8-18-13(23-19-8)21-4-2-20(3-5-21)12(22)10-6-9(11(14)15)16-7-17-10/h6-7,11H,2-5H2,1H3. The average molecular weight is 340 g/mol. The van der Waals surface area contributed by atoms with Gasteiger partial charge in [0.2, 0.25) is 5.13 Å². The summed E-state index contributed by atoms with van der Waals surface area (Å²) in [5.41, 5.74) is -0.443. The van der Waals surface area contributed by atoms with Crippen LogP contribution in [0.15, 0.2) is 12.4 Å². The zero-order valence-electron chi connectivity index (χ0n) is 12.3. The topological polar surface area (TPSA) is 75.1 Å². The van der Waals surface area contributed by atoms with Crippen molar-refractivity contribution in [3.05, 3.63) is 29.6 Å². The molecular formula is C13H14F2N6OS. The number of hydrogen-bond donors (Lipinski definition) is 0.